The third kappa shape index (κ3) is 7.44. The number of benzene rings is 1. The highest BCUT2D eigenvalue weighted by molar-refractivity contribution is 8.47. The average molecular weight is 544 g/mol. The number of hydrogen-bond donors (Lipinski definition) is 1. The molecule has 0 N–H and O–H groups in total. The van der Waals surface area contributed by atoms with Crippen molar-refractivity contribution in [2.75, 3.05) is 50.5 Å². The fourth-order valence-electron chi connectivity index (χ4n) is 4.62. The molecule has 0 saturated carbocycles. The summed E-state index contributed by atoms with van der Waals surface area (Å²) in [6.45, 7) is 10.4. The van der Waals surface area contributed by atoms with E-state index < -0.39 is 14.8 Å². The number of nitrogens with zero attached hydrogens (tertiary/aromatic N) is 3. The molecule has 7 nitrogen and oxygen atoms in total. The number of carbonyl (C=O) groups excluding carboxylic acids is 1. The first-order valence-corrected chi connectivity index (χ1v) is 17.6. The molecule has 3 aromatic rings. The summed E-state index contributed by atoms with van der Waals surface area (Å²) in [6.07, 6.45) is 14.0. The van der Waals surface area contributed by atoms with Crippen LogP contribution < -0.4 is 4.74 Å². The third-order valence-corrected chi connectivity index (χ3v) is 8.66. The lowest BCUT2D eigenvalue weighted by atomic mass is 9.98. The second-order valence-electron chi connectivity index (χ2n) is 13.6. The Morgan fingerprint density at radius 2 is 1.82 bits per heavy atom. The molecular weight excluding hydrogens is 498 g/mol. The van der Waals surface area contributed by atoms with E-state index in [1.807, 2.05) is 39.0 Å². The third-order valence-electron chi connectivity index (χ3n) is 6.69. The zero-order valence-electron chi connectivity index (χ0n) is 24.3. The molecule has 1 saturated heterocycles. The maximum Gasteiger partial charge on any atom is 0.410 e. The first-order chi connectivity index (χ1) is 17.6. The van der Waals surface area contributed by atoms with Crippen LogP contribution >= 0.6 is 9.16 Å². The van der Waals surface area contributed by atoms with Gasteiger partial charge in [0.05, 0.1) is 12.0 Å². The lowest BCUT2D eigenvalue weighted by Gasteiger charge is -2.46. The van der Waals surface area contributed by atoms with Crippen LogP contribution in [0.5, 0.6) is 11.5 Å². The van der Waals surface area contributed by atoms with Crippen LogP contribution in [0.3, 0.4) is 0 Å². The van der Waals surface area contributed by atoms with E-state index in [0.717, 1.165) is 46.9 Å². The number of aromatic nitrogens is 2. The highest BCUT2D eigenvalue weighted by Crippen LogP contribution is 2.54. The Labute approximate surface area is 227 Å². The van der Waals surface area contributed by atoms with E-state index in [9.17, 15) is 4.79 Å². The number of rotatable bonds is 8. The SMILES string of the molecule is Cc1cn(COCC[SH](C)(C)(C)C)c2nccc(Oc3ccc(C4CCN(C(=O)OC(C)(C)C)C4)cc3)c12. The predicted octanol–water partition coefficient (Wildman–Crippen LogP) is 6.43. The first-order valence-electron chi connectivity index (χ1n) is 13.4. The summed E-state index contributed by atoms with van der Waals surface area (Å²) in [6, 6.07) is 10.1. The number of ether oxygens (including phenoxy) is 3. The molecular formula is C30H45N3O4S. The van der Waals surface area contributed by atoms with Crippen LogP contribution in [0.4, 0.5) is 4.79 Å². The summed E-state index contributed by atoms with van der Waals surface area (Å²) < 4.78 is 20.0. The molecule has 0 radical (unpaired) electrons. The number of hydrogen-bond acceptors (Lipinski definition) is 5. The van der Waals surface area contributed by atoms with Crippen LogP contribution in [-0.2, 0) is 16.2 Å². The Kier molecular flexibility index (Phi) is 7.79. The topological polar surface area (TPSA) is 65.8 Å². The highest BCUT2D eigenvalue weighted by atomic mass is 32.3. The summed E-state index contributed by atoms with van der Waals surface area (Å²) in [5.41, 5.74) is 2.69. The molecule has 3 heterocycles. The number of thiol groups is 1. The van der Waals surface area contributed by atoms with Gasteiger partial charge >= 0.3 is 6.09 Å². The Bertz CT molecular complexity index is 1280. The molecule has 1 aliphatic rings. The van der Waals surface area contributed by atoms with Gasteiger partial charge in [0.2, 0.25) is 0 Å². The molecule has 0 spiro atoms. The largest absolute Gasteiger partial charge is 0.457 e. The fourth-order valence-corrected chi connectivity index (χ4v) is 5.48. The van der Waals surface area contributed by atoms with E-state index in [4.69, 9.17) is 14.2 Å². The van der Waals surface area contributed by atoms with Gasteiger partial charge in [-0.3, -0.25) is 9.16 Å². The molecule has 210 valence electrons. The van der Waals surface area contributed by atoms with Crippen molar-refractivity contribution in [1.29, 1.82) is 0 Å². The quantitative estimate of drug-likeness (QED) is 0.262. The van der Waals surface area contributed by atoms with Gasteiger partial charge < -0.3 is 23.7 Å². The van der Waals surface area contributed by atoms with Gasteiger partial charge in [0.25, 0.3) is 0 Å². The summed E-state index contributed by atoms with van der Waals surface area (Å²) in [5, 5.41) is 1.00. The van der Waals surface area contributed by atoms with Crippen molar-refractivity contribution in [3.63, 3.8) is 0 Å². The van der Waals surface area contributed by atoms with Crippen molar-refractivity contribution in [3.8, 4) is 11.5 Å². The minimum absolute atomic E-state index is 0.236. The molecule has 1 amide bonds. The van der Waals surface area contributed by atoms with Crippen molar-refractivity contribution in [2.45, 2.75) is 52.4 Å². The van der Waals surface area contributed by atoms with Gasteiger partial charge in [0.15, 0.2) is 0 Å². The van der Waals surface area contributed by atoms with Crippen LogP contribution in [-0.4, -0.2) is 76.6 Å². The van der Waals surface area contributed by atoms with Crippen molar-refractivity contribution in [2.24, 2.45) is 0 Å². The number of carbonyl (C=O) groups is 1. The second-order valence-corrected chi connectivity index (χ2v) is 21.9. The van der Waals surface area contributed by atoms with Gasteiger partial charge in [0.1, 0.15) is 29.5 Å². The monoisotopic (exact) mass is 543 g/mol. The van der Waals surface area contributed by atoms with Crippen LogP contribution in [0.2, 0.25) is 0 Å². The lowest BCUT2D eigenvalue weighted by Crippen LogP contribution is -2.35. The molecule has 4 rings (SSSR count). The van der Waals surface area contributed by atoms with Gasteiger partial charge in [-0.15, -0.1) is 0 Å². The molecule has 1 fully saturated rings. The maximum absolute atomic E-state index is 12.4. The Balaban J connectivity index is 1.40. The molecule has 0 bridgehead atoms. The van der Waals surface area contributed by atoms with Crippen molar-refractivity contribution >= 4 is 26.3 Å². The normalized spacial score (nSPS) is 17.4. The average Bonchev–Trinajstić information content (AvgIpc) is 3.41. The molecule has 8 heteroatoms. The minimum atomic E-state index is -1.58. The first kappa shape index (κ1) is 28.3. The summed E-state index contributed by atoms with van der Waals surface area (Å²) >= 11 is 0. The zero-order chi connectivity index (χ0) is 27.7. The van der Waals surface area contributed by atoms with Crippen molar-refractivity contribution in [3.05, 3.63) is 53.9 Å². The van der Waals surface area contributed by atoms with Gasteiger partial charge in [-0.25, -0.2) is 9.78 Å². The Hall–Kier alpha value is -2.71. The van der Waals surface area contributed by atoms with Crippen LogP contribution in [0, 0.1) is 6.92 Å². The molecule has 1 unspecified atom stereocenters. The number of aryl methyl sites for hydroxylation is 1. The van der Waals surface area contributed by atoms with Crippen molar-refractivity contribution in [1.82, 2.24) is 14.5 Å². The Morgan fingerprint density at radius 1 is 1.11 bits per heavy atom. The maximum atomic E-state index is 12.4. The van der Waals surface area contributed by atoms with Crippen molar-refractivity contribution < 1.29 is 19.0 Å². The molecule has 1 atom stereocenters. The van der Waals surface area contributed by atoms with Crippen LogP contribution in [0.1, 0.15) is 44.2 Å². The Morgan fingerprint density at radius 3 is 2.47 bits per heavy atom. The smallest absolute Gasteiger partial charge is 0.410 e. The number of likely N-dealkylation sites (tertiary alicyclic amines) is 1. The predicted molar refractivity (Wildman–Crippen MR) is 160 cm³/mol. The van der Waals surface area contributed by atoms with E-state index in [1.54, 1.807) is 11.1 Å². The number of amides is 1. The van der Waals surface area contributed by atoms with E-state index in [2.05, 4.69) is 59.8 Å². The molecule has 38 heavy (non-hydrogen) atoms. The van der Waals surface area contributed by atoms with Gasteiger partial charge in [-0.2, -0.15) is 0 Å². The van der Waals surface area contributed by atoms with Gasteiger partial charge in [-0.1, -0.05) is 12.1 Å². The van der Waals surface area contributed by atoms with Gasteiger partial charge in [-0.05, 0) is 94.2 Å². The second kappa shape index (κ2) is 10.5. The van der Waals surface area contributed by atoms with Crippen LogP contribution in [0.25, 0.3) is 11.0 Å². The van der Waals surface area contributed by atoms with Crippen LogP contribution in [0.15, 0.2) is 42.7 Å². The number of fused-ring (bicyclic) bond motifs is 1. The zero-order valence-corrected chi connectivity index (χ0v) is 25.2. The standard InChI is InChI=1S/C30H45N3O4S/c1-22-19-33(21-35-17-18-38(5,6,7)8)28-27(22)26(13-15-31-28)36-25-11-9-23(10-12-25)24-14-16-32(20-24)29(34)37-30(2,3)4/h9-13,15,19,24,38H,14,16-18,20-21H2,1-8H3. The van der Waals surface area contributed by atoms with E-state index in [1.165, 1.54) is 5.56 Å². The summed E-state index contributed by atoms with van der Waals surface area (Å²) in [5.74, 6) is 2.95. The fraction of sp³-hybridized carbons (Fsp3) is 0.533. The highest BCUT2D eigenvalue weighted by Gasteiger charge is 2.30. The van der Waals surface area contributed by atoms with Gasteiger partial charge in [0, 0.05) is 31.4 Å². The number of pyridine rings is 1. The van der Waals surface area contributed by atoms with E-state index >= 15 is 0 Å². The molecule has 1 aliphatic heterocycles. The molecule has 2 aromatic heterocycles. The minimum Gasteiger partial charge on any atom is -0.457 e. The van der Waals surface area contributed by atoms with E-state index in [0.29, 0.717) is 25.7 Å². The summed E-state index contributed by atoms with van der Waals surface area (Å²) in [7, 11) is -1.58. The summed E-state index contributed by atoms with van der Waals surface area (Å²) in [4.78, 5) is 18.9. The molecule has 0 aliphatic carbocycles. The molecule has 1 aromatic carbocycles. The van der Waals surface area contributed by atoms with E-state index in [-0.39, 0.29) is 6.09 Å². The lowest BCUT2D eigenvalue weighted by molar-refractivity contribution is 0.0292.